The minimum atomic E-state index is -3.61. The largest absolute Gasteiger partial charge is 0.480 e. The number of nitrogens with one attached hydrogen (secondary N) is 1. The number of aliphatic carboxylic acids is 1. The number of sulfonamides is 1. The molecule has 0 saturated carbocycles. The maximum Gasteiger partial charge on any atom is 0.317 e. The molecule has 5 nitrogen and oxygen atoms in total. The molecule has 0 fully saturated rings. The van der Waals surface area contributed by atoms with Crippen molar-refractivity contribution in [2.45, 2.75) is 42.2 Å². The van der Waals surface area contributed by atoms with Crippen molar-refractivity contribution in [3.05, 3.63) is 24.3 Å². The highest BCUT2D eigenvalue weighted by Gasteiger charge is 2.26. The van der Waals surface area contributed by atoms with Gasteiger partial charge in [0.25, 0.3) is 0 Å². The molecule has 1 atom stereocenters. The van der Waals surface area contributed by atoms with E-state index in [2.05, 4.69) is 4.72 Å². The smallest absolute Gasteiger partial charge is 0.317 e. The molecule has 2 N–H and O–H groups in total. The lowest BCUT2D eigenvalue weighted by Crippen LogP contribution is -2.26. The fourth-order valence-electron chi connectivity index (χ4n) is 1.69. The lowest BCUT2D eigenvalue weighted by molar-refractivity contribution is -0.137. The summed E-state index contributed by atoms with van der Waals surface area (Å²) in [6.45, 7) is 5.84. The van der Waals surface area contributed by atoms with Crippen LogP contribution >= 0.6 is 11.8 Å². The van der Waals surface area contributed by atoms with E-state index in [0.29, 0.717) is 17.9 Å². The second-order valence-electron chi connectivity index (χ2n) is 4.97. The van der Waals surface area contributed by atoms with E-state index in [-0.39, 0.29) is 10.8 Å². The lowest BCUT2D eigenvalue weighted by atomic mass is 10.1. The standard InChI is InChI=1S/C14H21NO4S2/c1-4-9-15-21(18,19)12-8-6-5-7-11(12)20-13(10(2)3)14(16)17/h5-8,10,13,15H,4,9H2,1-3H3,(H,16,17). The summed E-state index contributed by atoms with van der Waals surface area (Å²) in [4.78, 5) is 11.9. The SMILES string of the molecule is CCCNS(=O)(=O)c1ccccc1SC(C(=O)O)C(C)C. The number of carbonyl (C=O) groups is 1. The Morgan fingerprint density at radius 2 is 1.95 bits per heavy atom. The maximum atomic E-state index is 12.3. The van der Waals surface area contributed by atoms with Gasteiger partial charge in [-0.2, -0.15) is 0 Å². The predicted molar refractivity (Wildman–Crippen MR) is 84.0 cm³/mol. The van der Waals surface area contributed by atoms with E-state index >= 15 is 0 Å². The summed E-state index contributed by atoms with van der Waals surface area (Å²) in [5.41, 5.74) is 0. The van der Waals surface area contributed by atoms with Gasteiger partial charge in [-0.3, -0.25) is 4.79 Å². The van der Waals surface area contributed by atoms with Gasteiger partial charge in [0.2, 0.25) is 10.0 Å². The molecule has 0 bridgehead atoms. The first-order valence-corrected chi connectivity index (χ1v) is 9.14. The summed E-state index contributed by atoms with van der Waals surface area (Å²) in [6.07, 6.45) is 0.693. The van der Waals surface area contributed by atoms with Crippen molar-refractivity contribution in [1.82, 2.24) is 4.72 Å². The number of hydrogen-bond donors (Lipinski definition) is 2. The number of carboxylic acid groups (broad SMARTS) is 1. The van der Waals surface area contributed by atoms with E-state index in [1.54, 1.807) is 32.0 Å². The van der Waals surface area contributed by atoms with Gasteiger partial charge < -0.3 is 5.11 Å². The lowest BCUT2D eigenvalue weighted by Gasteiger charge is -2.18. The van der Waals surface area contributed by atoms with Crippen LogP contribution in [0.25, 0.3) is 0 Å². The van der Waals surface area contributed by atoms with Gasteiger partial charge in [-0.1, -0.05) is 32.9 Å². The molecule has 7 heteroatoms. The number of carboxylic acids is 1. The fourth-order valence-corrected chi connectivity index (χ4v) is 4.37. The average Bonchev–Trinajstić information content (AvgIpc) is 2.42. The number of rotatable bonds is 8. The van der Waals surface area contributed by atoms with Crippen molar-refractivity contribution in [2.75, 3.05) is 6.54 Å². The van der Waals surface area contributed by atoms with E-state index in [4.69, 9.17) is 0 Å². The Morgan fingerprint density at radius 1 is 1.33 bits per heavy atom. The van der Waals surface area contributed by atoms with Gasteiger partial charge in [-0.05, 0) is 24.5 Å². The molecule has 0 aliphatic carbocycles. The monoisotopic (exact) mass is 331 g/mol. The molecular formula is C14H21NO4S2. The van der Waals surface area contributed by atoms with Crippen LogP contribution in [0, 0.1) is 5.92 Å². The van der Waals surface area contributed by atoms with Gasteiger partial charge in [0.15, 0.2) is 0 Å². The van der Waals surface area contributed by atoms with Gasteiger partial charge in [0.05, 0.1) is 4.90 Å². The van der Waals surface area contributed by atoms with Crippen LogP contribution in [0.1, 0.15) is 27.2 Å². The summed E-state index contributed by atoms with van der Waals surface area (Å²) in [7, 11) is -3.61. The van der Waals surface area contributed by atoms with E-state index in [1.807, 2.05) is 6.92 Å². The highest BCUT2D eigenvalue weighted by atomic mass is 32.2. The van der Waals surface area contributed by atoms with Crippen LogP contribution in [-0.2, 0) is 14.8 Å². The molecule has 0 heterocycles. The summed E-state index contributed by atoms with van der Waals surface area (Å²) in [5, 5.41) is 8.57. The molecule has 0 amide bonds. The molecule has 21 heavy (non-hydrogen) atoms. The van der Waals surface area contributed by atoms with Crippen molar-refractivity contribution in [3.8, 4) is 0 Å². The predicted octanol–water partition coefficient (Wildman–Crippen LogP) is 2.58. The molecule has 0 aliphatic heterocycles. The maximum absolute atomic E-state index is 12.3. The molecule has 0 aliphatic rings. The number of thioether (sulfide) groups is 1. The van der Waals surface area contributed by atoms with Gasteiger partial charge in [0, 0.05) is 11.4 Å². The molecule has 0 radical (unpaired) electrons. The fraction of sp³-hybridized carbons (Fsp3) is 0.500. The van der Waals surface area contributed by atoms with Crippen molar-refractivity contribution in [1.29, 1.82) is 0 Å². The Morgan fingerprint density at radius 3 is 2.48 bits per heavy atom. The van der Waals surface area contributed by atoms with Crippen LogP contribution in [-0.4, -0.2) is 31.3 Å². The zero-order valence-corrected chi connectivity index (χ0v) is 14.0. The van der Waals surface area contributed by atoms with Crippen molar-refractivity contribution in [2.24, 2.45) is 5.92 Å². The van der Waals surface area contributed by atoms with Crippen LogP contribution in [0.4, 0.5) is 0 Å². The summed E-state index contributed by atoms with van der Waals surface area (Å²) < 4.78 is 27.0. The van der Waals surface area contributed by atoms with Crippen molar-refractivity contribution < 1.29 is 18.3 Å². The third-order valence-electron chi connectivity index (χ3n) is 2.78. The highest BCUT2D eigenvalue weighted by Crippen LogP contribution is 2.33. The zero-order chi connectivity index (χ0) is 16.0. The molecule has 118 valence electrons. The van der Waals surface area contributed by atoms with Crippen LogP contribution in [0.3, 0.4) is 0 Å². The molecule has 0 aromatic heterocycles. The van der Waals surface area contributed by atoms with Gasteiger partial charge >= 0.3 is 5.97 Å². The third-order valence-corrected chi connectivity index (χ3v) is 6.04. The quantitative estimate of drug-likeness (QED) is 0.715. The molecular weight excluding hydrogens is 310 g/mol. The molecule has 1 rings (SSSR count). The van der Waals surface area contributed by atoms with Gasteiger partial charge in [-0.15, -0.1) is 11.8 Å². The van der Waals surface area contributed by atoms with Crippen LogP contribution in [0.15, 0.2) is 34.1 Å². The van der Waals surface area contributed by atoms with Crippen LogP contribution < -0.4 is 4.72 Å². The van der Waals surface area contributed by atoms with Crippen LogP contribution in [0.2, 0.25) is 0 Å². The Balaban J connectivity index is 3.12. The Hall–Kier alpha value is -1.05. The summed E-state index contributed by atoms with van der Waals surface area (Å²) >= 11 is 1.07. The van der Waals surface area contributed by atoms with Gasteiger partial charge in [0.1, 0.15) is 5.25 Å². The first kappa shape index (κ1) is 18.0. The van der Waals surface area contributed by atoms with Crippen molar-refractivity contribution >= 4 is 27.8 Å². The Labute approximate surface area is 130 Å². The normalized spacial score (nSPS) is 13.3. The second-order valence-corrected chi connectivity index (χ2v) is 7.88. The minimum absolute atomic E-state index is 0.105. The summed E-state index contributed by atoms with van der Waals surface area (Å²) in [6, 6.07) is 6.49. The first-order chi connectivity index (χ1) is 9.79. The third kappa shape index (κ3) is 5.01. The molecule has 1 aromatic rings. The van der Waals surface area contributed by atoms with E-state index in [0.717, 1.165) is 11.8 Å². The topological polar surface area (TPSA) is 83.5 Å². The molecule has 0 spiro atoms. The van der Waals surface area contributed by atoms with Crippen LogP contribution in [0.5, 0.6) is 0 Å². The average molecular weight is 331 g/mol. The number of hydrogen-bond acceptors (Lipinski definition) is 4. The molecule has 1 aromatic carbocycles. The van der Waals surface area contributed by atoms with Gasteiger partial charge in [-0.25, -0.2) is 13.1 Å². The highest BCUT2D eigenvalue weighted by molar-refractivity contribution is 8.01. The molecule has 1 unspecified atom stereocenters. The Kier molecular flexibility index (Phi) is 6.70. The summed E-state index contributed by atoms with van der Waals surface area (Å²) in [5.74, 6) is -1.05. The Bertz CT molecular complexity index is 584. The van der Waals surface area contributed by atoms with E-state index in [1.165, 1.54) is 6.07 Å². The zero-order valence-electron chi connectivity index (χ0n) is 12.4. The first-order valence-electron chi connectivity index (χ1n) is 6.77. The molecule has 0 saturated heterocycles. The van der Waals surface area contributed by atoms with E-state index in [9.17, 15) is 18.3 Å². The van der Waals surface area contributed by atoms with E-state index < -0.39 is 21.2 Å². The second kappa shape index (κ2) is 7.82. The van der Waals surface area contributed by atoms with Crippen molar-refractivity contribution in [3.63, 3.8) is 0 Å². The minimum Gasteiger partial charge on any atom is -0.480 e. The number of benzene rings is 1.